The summed E-state index contributed by atoms with van der Waals surface area (Å²) in [4.78, 5) is 4.77. The Labute approximate surface area is 111 Å². The molecule has 0 unspecified atom stereocenters. The first-order valence-corrected chi connectivity index (χ1v) is 6.56. The van der Waals surface area contributed by atoms with Gasteiger partial charge in [0.05, 0.1) is 18.0 Å². The summed E-state index contributed by atoms with van der Waals surface area (Å²) in [5.74, 6) is 0. The Hall–Kier alpha value is -1.59. The molecule has 2 aromatic rings. The van der Waals surface area contributed by atoms with Gasteiger partial charge in [0.1, 0.15) is 0 Å². The van der Waals surface area contributed by atoms with E-state index in [1.165, 1.54) is 5.56 Å². The van der Waals surface area contributed by atoms with E-state index in [1.54, 1.807) is 0 Å². The average molecular weight is 257 g/mol. The van der Waals surface area contributed by atoms with Gasteiger partial charge in [-0.25, -0.2) is 0 Å². The molecule has 0 aliphatic heterocycles. The lowest BCUT2D eigenvalue weighted by molar-refractivity contribution is 0.899. The number of nitriles is 1. The molecular formula is C15H13ClN2. The van der Waals surface area contributed by atoms with E-state index in [4.69, 9.17) is 21.8 Å². The van der Waals surface area contributed by atoms with Crippen molar-refractivity contribution < 1.29 is 0 Å². The van der Waals surface area contributed by atoms with Gasteiger partial charge in [0.25, 0.3) is 0 Å². The summed E-state index contributed by atoms with van der Waals surface area (Å²) in [6, 6.07) is 6.19. The molecule has 0 spiro atoms. The van der Waals surface area contributed by atoms with E-state index in [0.717, 1.165) is 52.0 Å². The van der Waals surface area contributed by atoms with E-state index in [0.29, 0.717) is 6.42 Å². The molecule has 0 saturated carbocycles. The Bertz CT molecular complexity index is 683. The first-order valence-electron chi connectivity index (χ1n) is 6.18. The highest BCUT2D eigenvalue weighted by atomic mass is 35.5. The zero-order chi connectivity index (χ0) is 12.7. The smallest absolute Gasteiger partial charge is 0.0752 e. The van der Waals surface area contributed by atoms with Crippen molar-refractivity contribution in [3.05, 3.63) is 39.5 Å². The van der Waals surface area contributed by atoms with Crippen molar-refractivity contribution >= 4 is 22.5 Å². The summed E-state index contributed by atoms with van der Waals surface area (Å²) in [5.41, 5.74) is 5.61. The normalized spacial score (nSPS) is 13.6. The van der Waals surface area contributed by atoms with E-state index in [9.17, 15) is 0 Å². The molecule has 0 fully saturated rings. The van der Waals surface area contributed by atoms with Crippen molar-refractivity contribution in [1.82, 2.24) is 4.98 Å². The van der Waals surface area contributed by atoms with E-state index >= 15 is 0 Å². The van der Waals surface area contributed by atoms with Crippen LogP contribution in [0.3, 0.4) is 0 Å². The second-order valence-electron chi connectivity index (χ2n) is 4.77. The molecule has 1 aromatic heterocycles. The van der Waals surface area contributed by atoms with Crippen LogP contribution in [0.5, 0.6) is 0 Å². The number of hydrogen-bond acceptors (Lipinski definition) is 2. The number of pyridine rings is 1. The molecule has 0 radical (unpaired) electrons. The molecule has 0 N–H and O–H groups in total. The Balaban J connectivity index is 2.42. The second kappa shape index (κ2) is 4.26. The summed E-state index contributed by atoms with van der Waals surface area (Å²) in [7, 11) is 0. The lowest BCUT2D eigenvalue weighted by Crippen LogP contribution is -1.99. The summed E-state index contributed by atoms with van der Waals surface area (Å²) in [5, 5.41) is 10.9. The molecule has 1 aliphatic carbocycles. The number of fused-ring (bicyclic) bond motifs is 2. The standard InChI is InChI=1S/C15H13ClN2/c1-9-13(16)6-5-12-10(7-8-17)11-3-2-4-14(11)18-15(9)12/h5-6H,2-4,7H2,1H3. The van der Waals surface area contributed by atoms with E-state index in [1.807, 2.05) is 19.1 Å². The highest BCUT2D eigenvalue weighted by Gasteiger charge is 2.20. The van der Waals surface area contributed by atoms with Crippen LogP contribution in [0.25, 0.3) is 10.9 Å². The zero-order valence-electron chi connectivity index (χ0n) is 10.3. The quantitative estimate of drug-likeness (QED) is 0.779. The molecular weight excluding hydrogens is 244 g/mol. The van der Waals surface area contributed by atoms with E-state index < -0.39 is 0 Å². The first-order chi connectivity index (χ1) is 8.72. The molecule has 0 atom stereocenters. The number of benzene rings is 1. The van der Waals surface area contributed by atoms with Crippen LogP contribution in [0.4, 0.5) is 0 Å². The van der Waals surface area contributed by atoms with Crippen molar-refractivity contribution in [1.29, 1.82) is 5.26 Å². The van der Waals surface area contributed by atoms with Crippen molar-refractivity contribution in [3.63, 3.8) is 0 Å². The second-order valence-corrected chi connectivity index (χ2v) is 5.18. The molecule has 1 aliphatic rings. The van der Waals surface area contributed by atoms with Gasteiger partial charge in [-0.05, 0) is 48.9 Å². The third kappa shape index (κ3) is 1.59. The van der Waals surface area contributed by atoms with Gasteiger partial charge in [0.15, 0.2) is 0 Å². The largest absolute Gasteiger partial charge is 0.252 e. The summed E-state index contributed by atoms with van der Waals surface area (Å²) in [6.07, 6.45) is 3.68. The van der Waals surface area contributed by atoms with E-state index in [-0.39, 0.29) is 0 Å². The highest BCUT2D eigenvalue weighted by Crippen LogP contribution is 2.33. The van der Waals surface area contributed by atoms with Gasteiger partial charge in [-0.15, -0.1) is 0 Å². The van der Waals surface area contributed by atoms with Gasteiger partial charge >= 0.3 is 0 Å². The molecule has 3 rings (SSSR count). The van der Waals surface area contributed by atoms with Crippen LogP contribution in [0.2, 0.25) is 5.02 Å². The van der Waals surface area contributed by atoms with Crippen molar-refractivity contribution in [2.24, 2.45) is 0 Å². The van der Waals surface area contributed by atoms with Gasteiger partial charge in [-0.1, -0.05) is 17.7 Å². The number of nitrogens with zero attached hydrogens (tertiary/aromatic N) is 2. The molecule has 0 bridgehead atoms. The first kappa shape index (κ1) is 11.5. The van der Waals surface area contributed by atoms with Crippen LogP contribution >= 0.6 is 11.6 Å². The minimum atomic E-state index is 0.461. The van der Waals surface area contributed by atoms with Crippen LogP contribution in [-0.2, 0) is 19.3 Å². The third-order valence-corrected chi connectivity index (χ3v) is 4.16. The molecule has 2 nitrogen and oxygen atoms in total. The Kier molecular flexibility index (Phi) is 2.72. The SMILES string of the molecule is Cc1c(Cl)ccc2c(CC#N)c3c(nc12)CCC3. The number of aryl methyl sites for hydroxylation is 2. The molecule has 90 valence electrons. The van der Waals surface area contributed by atoms with Gasteiger partial charge < -0.3 is 0 Å². The number of aromatic nitrogens is 1. The average Bonchev–Trinajstić information content (AvgIpc) is 2.82. The molecule has 3 heteroatoms. The van der Waals surface area contributed by atoms with Gasteiger partial charge in [-0.3, -0.25) is 4.98 Å². The predicted molar refractivity (Wildman–Crippen MR) is 72.8 cm³/mol. The maximum absolute atomic E-state index is 9.04. The fourth-order valence-electron chi connectivity index (χ4n) is 2.82. The zero-order valence-corrected chi connectivity index (χ0v) is 11.0. The Morgan fingerprint density at radius 3 is 3.00 bits per heavy atom. The lowest BCUT2D eigenvalue weighted by Gasteiger charge is -2.12. The van der Waals surface area contributed by atoms with Crippen LogP contribution in [-0.4, -0.2) is 4.98 Å². The van der Waals surface area contributed by atoms with Crippen molar-refractivity contribution in [2.45, 2.75) is 32.6 Å². The maximum atomic E-state index is 9.04. The molecule has 0 saturated heterocycles. The minimum absolute atomic E-state index is 0.461. The Morgan fingerprint density at radius 1 is 1.39 bits per heavy atom. The minimum Gasteiger partial charge on any atom is -0.252 e. The summed E-state index contributed by atoms with van der Waals surface area (Å²) < 4.78 is 0. The van der Waals surface area contributed by atoms with Gasteiger partial charge in [0, 0.05) is 16.1 Å². The molecule has 1 aromatic carbocycles. The molecule has 0 amide bonds. The van der Waals surface area contributed by atoms with Crippen molar-refractivity contribution in [3.8, 4) is 6.07 Å². The highest BCUT2D eigenvalue weighted by molar-refractivity contribution is 6.32. The molecule has 18 heavy (non-hydrogen) atoms. The van der Waals surface area contributed by atoms with Crippen LogP contribution in [0.1, 0.15) is 28.8 Å². The fraction of sp³-hybridized carbons (Fsp3) is 0.333. The number of rotatable bonds is 1. The van der Waals surface area contributed by atoms with Crippen molar-refractivity contribution in [2.75, 3.05) is 0 Å². The lowest BCUT2D eigenvalue weighted by atomic mass is 9.97. The summed E-state index contributed by atoms with van der Waals surface area (Å²) in [6.45, 7) is 2.00. The van der Waals surface area contributed by atoms with Crippen LogP contribution in [0, 0.1) is 18.3 Å². The topological polar surface area (TPSA) is 36.7 Å². The van der Waals surface area contributed by atoms with Gasteiger partial charge in [-0.2, -0.15) is 5.26 Å². The van der Waals surface area contributed by atoms with Gasteiger partial charge in [0.2, 0.25) is 0 Å². The van der Waals surface area contributed by atoms with Crippen LogP contribution in [0.15, 0.2) is 12.1 Å². The summed E-state index contributed by atoms with van der Waals surface area (Å²) >= 11 is 6.16. The predicted octanol–water partition coefficient (Wildman–Crippen LogP) is 3.75. The third-order valence-electron chi connectivity index (χ3n) is 3.75. The molecule has 1 heterocycles. The fourth-order valence-corrected chi connectivity index (χ4v) is 2.97. The monoisotopic (exact) mass is 256 g/mol. The van der Waals surface area contributed by atoms with E-state index in [2.05, 4.69) is 6.07 Å². The number of halogens is 1. The maximum Gasteiger partial charge on any atom is 0.0752 e. The number of hydrogen-bond donors (Lipinski definition) is 0. The van der Waals surface area contributed by atoms with Crippen LogP contribution < -0.4 is 0 Å². The Morgan fingerprint density at radius 2 is 2.22 bits per heavy atom.